The zero-order valence-corrected chi connectivity index (χ0v) is 10.9. The van der Waals surface area contributed by atoms with Crippen LogP contribution in [0.3, 0.4) is 0 Å². The fourth-order valence-corrected chi connectivity index (χ4v) is 3.03. The summed E-state index contributed by atoms with van der Waals surface area (Å²) < 4.78 is 0.560. The van der Waals surface area contributed by atoms with Crippen LogP contribution in [0.25, 0.3) is 0 Å². The molecule has 0 aromatic carbocycles. The van der Waals surface area contributed by atoms with Crippen molar-refractivity contribution in [3.8, 4) is 0 Å². The molecule has 0 saturated heterocycles. The SMILES string of the molecule is CC(C)C1CCC(C)C(C)(I)C1. The van der Waals surface area contributed by atoms with Gasteiger partial charge in [-0.2, -0.15) is 0 Å². The Balaban J connectivity index is 2.57. The van der Waals surface area contributed by atoms with Crippen molar-refractivity contribution in [3.63, 3.8) is 0 Å². The van der Waals surface area contributed by atoms with Gasteiger partial charge in [0.2, 0.25) is 0 Å². The molecular formula is C11H21I. The number of hydrogen-bond acceptors (Lipinski definition) is 0. The van der Waals surface area contributed by atoms with Gasteiger partial charge < -0.3 is 0 Å². The number of alkyl halides is 1. The van der Waals surface area contributed by atoms with E-state index in [2.05, 4.69) is 50.3 Å². The van der Waals surface area contributed by atoms with Crippen LogP contribution in [0.2, 0.25) is 0 Å². The van der Waals surface area contributed by atoms with E-state index in [1.165, 1.54) is 19.3 Å². The summed E-state index contributed by atoms with van der Waals surface area (Å²) >= 11 is 2.67. The predicted molar refractivity (Wildman–Crippen MR) is 63.8 cm³/mol. The highest BCUT2D eigenvalue weighted by Gasteiger charge is 2.36. The van der Waals surface area contributed by atoms with Crippen LogP contribution in [0.1, 0.15) is 47.0 Å². The summed E-state index contributed by atoms with van der Waals surface area (Å²) in [6.45, 7) is 9.57. The third-order valence-corrected chi connectivity index (χ3v) is 5.11. The summed E-state index contributed by atoms with van der Waals surface area (Å²) in [5.74, 6) is 2.77. The van der Waals surface area contributed by atoms with Gasteiger partial charge in [-0.15, -0.1) is 0 Å². The summed E-state index contributed by atoms with van der Waals surface area (Å²) in [6, 6.07) is 0. The monoisotopic (exact) mass is 280 g/mol. The lowest BCUT2D eigenvalue weighted by Gasteiger charge is -2.40. The zero-order chi connectivity index (χ0) is 9.35. The highest BCUT2D eigenvalue weighted by molar-refractivity contribution is 14.1. The van der Waals surface area contributed by atoms with E-state index in [0.717, 1.165) is 17.8 Å². The molecule has 1 aliphatic carbocycles. The average Bonchev–Trinajstić information content (AvgIpc) is 1.94. The number of hydrogen-bond donors (Lipinski definition) is 0. The maximum atomic E-state index is 2.67. The minimum atomic E-state index is 0.560. The Hall–Kier alpha value is 0.730. The molecule has 12 heavy (non-hydrogen) atoms. The van der Waals surface area contributed by atoms with Crippen LogP contribution in [0.5, 0.6) is 0 Å². The molecule has 0 amide bonds. The topological polar surface area (TPSA) is 0 Å². The van der Waals surface area contributed by atoms with Crippen molar-refractivity contribution >= 4 is 22.6 Å². The van der Waals surface area contributed by atoms with Gasteiger partial charge >= 0.3 is 0 Å². The van der Waals surface area contributed by atoms with E-state index in [1.54, 1.807) is 0 Å². The third kappa shape index (κ3) is 2.36. The fourth-order valence-electron chi connectivity index (χ4n) is 2.15. The summed E-state index contributed by atoms with van der Waals surface area (Å²) in [4.78, 5) is 0. The second-order valence-corrected chi connectivity index (χ2v) is 7.43. The van der Waals surface area contributed by atoms with Crippen LogP contribution in [-0.2, 0) is 0 Å². The standard InChI is InChI=1S/C11H21I/c1-8(2)10-6-5-9(3)11(4,12)7-10/h8-10H,5-7H2,1-4H3. The second kappa shape index (κ2) is 3.85. The van der Waals surface area contributed by atoms with Gasteiger partial charge in [0.15, 0.2) is 0 Å². The molecule has 0 nitrogen and oxygen atoms in total. The Morgan fingerprint density at radius 1 is 1.33 bits per heavy atom. The van der Waals surface area contributed by atoms with Crippen LogP contribution in [0, 0.1) is 17.8 Å². The van der Waals surface area contributed by atoms with Crippen LogP contribution >= 0.6 is 22.6 Å². The molecule has 1 saturated carbocycles. The largest absolute Gasteiger partial charge is 0.0789 e. The average molecular weight is 280 g/mol. The normalized spacial score (nSPS) is 43.5. The number of rotatable bonds is 1. The van der Waals surface area contributed by atoms with Crippen LogP contribution in [0.4, 0.5) is 0 Å². The smallest absolute Gasteiger partial charge is 0.0222 e. The first-order valence-electron chi connectivity index (χ1n) is 5.12. The summed E-state index contributed by atoms with van der Waals surface area (Å²) in [5.41, 5.74) is 0. The minimum Gasteiger partial charge on any atom is -0.0789 e. The maximum Gasteiger partial charge on any atom is 0.0222 e. The molecule has 0 spiro atoms. The van der Waals surface area contributed by atoms with E-state index in [9.17, 15) is 0 Å². The molecule has 1 aliphatic rings. The quantitative estimate of drug-likeness (QED) is 0.497. The lowest BCUT2D eigenvalue weighted by molar-refractivity contribution is 0.203. The molecule has 0 heterocycles. The van der Waals surface area contributed by atoms with Gasteiger partial charge in [-0.25, -0.2) is 0 Å². The highest BCUT2D eigenvalue weighted by Crippen LogP contribution is 2.45. The van der Waals surface area contributed by atoms with Crippen molar-refractivity contribution in [1.82, 2.24) is 0 Å². The van der Waals surface area contributed by atoms with E-state index < -0.39 is 0 Å². The molecule has 0 N–H and O–H groups in total. The van der Waals surface area contributed by atoms with Crippen LogP contribution in [0.15, 0.2) is 0 Å². The van der Waals surface area contributed by atoms with Gasteiger partial charge in [-0.3, -0.25) is 0 Å². The first-order valence-corrected chi connectivity index (χ1v) is 6.20. The summed E-state index contributed by atoms with van der Waals surface area (Å²) in [5, 5.41) is 0. The highest BCUT2D eigenvalue weighted by atomic mass is 127. The summed E-state index contributed by atoms with van der Waals surface area (Å²) in [6.07, 6.45) is 4.31. The fraction of sp³-hybridized carbons (Fsp3) is 1.00. The van der Waals surface area contributed by atoms with E-state index in [1.807, 2.05) is 0 Å². The van der Waals surface area contributed by atoms with Gasteiger partial charge in [0.25, 0.3) is 0 Å². The van der Waals surface area contributed by atoms with Gasteiger partial charge in [-0.05, 0) is 37.0 Å². The van der Waals surface area contributed by atoms with E-state index in [4.69, 9.17) is 0 Å². The third-order valence-electron chi connectivity index (χ3n) is 3.60. The zero-order valence-electron chi connectivity index (χ0n) is 8.73. The van der Waals surface area contributed by atoms with Gasteiger partial charge in [0.05, 0.1) is 0 Å². The molecule has 0 aliphatic heterocycles. The number of halogens is 1. The second-order valence-electron chi connectivity index (χ2n) is 4.96. The Morgan fingerprint density at radius 3 is 2.33 bits per heavy atom. The Bertz CT molecular complexity index is 149. The molecule has 0 radical (unpaired) electrons. The van der Waals surface area contributed by atoms with Crippen molar-refractivity contribution in [2.75, 3.05) is 0 Å². The molecule has 1 rings (SSSR count). The lowest BCUT2D eigenvalue weighted by Crippen LogP contribution is -2.35. The molecule has 1 heteroatoms. The van der Waals surface area contributed by atoms with Crippen molar-refractivity contribution < 1.29 is 0 Å². The van der Waals surface area contributed by atoms with E-state index in [-0.39, 0.29) is 0 Å². The van der Waals surface area contributed by atoms with Crippen molar-refractivity contribution in [2.24, 2.45) is 17.8 Å². The van der Waals surface area contributed by atoms with Crippen LogP contribution in [-0.4, -0.2) is 3.42 Å². The Kier molecular flexibility index (Phi) is 3.47. The summed E-state index contributed by atoms with van der Waals surface area (Å²) in [7, 11) is 0. The van der Waals surface area contributed by atoms with E-state index >= 15 is 0 Å². The first kappa shape index (κ1) is 10.8. The maximum absolute atomic E-state index is 2.67. The first-order chi connectivity index (χ1) is 5.43. The molecular weight excluding hydrogens is 259 g/mol. The molecule has 72 valence electrons. The Morgan fingerprint density at radius 2 is 1.92 bits per heavy atom. The van der Waals surface area contributed by atoms with E-state index in [0.29, 0.717) is 3.42 Å². The van der Waals surface area contributed by atoms with Crippen molar-refractivity contribution in [3.05, 3.63) is 0 Å². The minimum absolute atomic E-state index is 0.560. The predicted octanol–water partition coefficient (Wildman–Crippen LogP) is 4.27. The molecule has 0 aromatic heterocycles. The Labute approximate surface area is 90.6 Å². The molecule has 3 unspecified atom stereocenters. The van der Waals surface area contributed by atoms with Crippen molar-refractivity contribution in [1.29, 1.82) is 0 Å². The lowest BCUT2D eigenvalue weighted by atomic mass is 9.72. The van der Waals surface area contributed by atoms with Gasteiger partial charge in [-0.1, -0.05) is 50.3 Å². The molecule has 1 fully saturated rings. The molecule has 0 aromatic rings. The van der Waals surface area contributed by atoms with Crippen LogP contribution < -0.4 is 0 Å². The molecule has 3 atom stereocenters. The van der Waals surface area contributed by atoms with Crippen molar-refractivity contribution in [2.45, 2.75) is 50.4 Å². The molecule has 0 bridgehead atoms. The van der Waals surface area contributed by atoms with Gasteiger partial charge in [0.1, 0.15) is 0 Å². The van der Waals surface area contributed by atoms with Gasteiger partial charge in [0, 0.05) is 3.42 Å².